The van der Waals surface area contributed by atoms with Gasteiger partial charge in [-0.2, -0.15) is 17.6 Å². The molecule has 0 aromatic carbocycles. The molecular formula is C28H44F4O12. The number of halogens is 4. The molecule has 0 N–H and O–H groups in total. The Morgan fingerprint density at radius 1 is 0.432 bits per heavy atom. The first-order valence-corrected chi connectivity index (χ1v) is 13.1. The first-order valence-electron chi connectivity index (χ1n) is 13.1. The van der Waals surface area contributed by atoms with Crippen molar-refractivity contribution >= 4 is 24.6 Å². The Balaban J connectivity index is 0. The van der Waals surface area contributed by atoms with E-state index in [4.69, 9.17) is 18.9 Å². The molecule has 0 aromatic heterocycles. The van der Waals surface area contributed by atoms with E-state index in [1.807, 2.05) is 0 Å². The molecule has 256 valence electrons. The van der Waals surface area contributed by atoms with Gasteiger partial charge in [0.25, 0.3) is 0 Å². The lowest BCUT2D eigenvalue weighted by Gasteiger charge is -2.27. The summed E-state index contributed by atoms with van der Waals surface area (Å²) in [6, 6.07) is 0. The van der Waals surface area contributed by atoms with Crippen molar-refractivity contribution in [3.8, 4) is 11.8 Å². The van der Waals surface area contributed by atoms with Crippen molar-refractivity contribution < 1.29 is 74.6 Å². The summed E-state index contributed by atoms with van der Waals surface area (Å²) >= 11 is 0. The summed E-state index contributed by atoms with van der Waals surface area (Å²) in [5, 5.41) is 0. The van der Waals surface area contributed by atoms with Crippen molar-refractivity contribution in [1.29, 1.82) is 0 Å². The molecule has 0 aliphatic rings. The minimum Gasteiger partial charge on any atom is -0.429 e. The van der Waals surface area contributed by atoms with Gasteiger partial charge in [0, 0.05) is 0 Å². The predicted molar refractivity (Wildman–Crippen MR) is 146 cm³/mol. The normalized spacial score (nSPS) is 12.2. The van der Waals surface area contributed by atoms with E-state index in [0.717, 1.165) is 0 Å². The third-order valence-electron chi connectivity index (χ3n) is 3.49. The Morgan fingerprint density at radius 2 is 0.636 bits per heavy atom. The van der Waals surface area contributed by atoms with Crippen molar-refractivity contribution in [2.24, 2.45) is 0 Å². The number of carbonyl (C=O) groups excluding carboxylic acids is 4. The van der Waals surface area contributed by atoms with E-state index in [1.165, 1.54) is 41.5 Å². The van der Waals surface area contributed by atoms with Crippen LogP contribution in [0.15, 0.2) is 0 Å². The second-order valence-electron chi connectivity index (χ2n) is 12.8. The summed E-state index contributed by atoms with van der Waals surface area (Å²) < 4.78 is 90.2. The predicted octanol–water partition coefficient (Wildman–Crippen LogP) is 7.05. The average Bonchev–Trinajstić information content (AvgIpc) is 2.74. The van der Waals surface area contributed by atoms with E-state index in [9.17, 15) is 36.7 Å². The van der Waals surface area contributed by atoms with Crippen LogP contribution >= 0.6 is 0 Å². The van der Waals surface area contributed by atoms with Gasteiger partial charge < -0.3 is 37.9 Å². The van der Waals surface area contributed by atoms with E-state index in [2.05, 4.69) is 30.8 Å². The maximum atomic E-state index is 13.5. The smallest absolute Gasteiger partial charge is 0.429 e. The van der Waals surface area contributed by atoms with E-state index < -0.39 is 72.1 Å². The van der Waals surface area contributed by atoms with Crippen LogP contribution in [0.25, 0.3) is 0 Å². The third-order valence-corrected chi connectivity index (χ3v) is 3.49. The zero-order chi connectivity index (χ0) is 35.2. The van der Waals surface area contributed by atoms with Crippen molar-refractivity contribution in [2.75, 3.05) is 26.4 Å². The van der Waals surface area contributed by atoms with Crippen LogP contribution in [0.3, 0.4) is 0 Å². The average molecular weight is 649 g/mol. The van der Waals surface area contributed by atoms with Crippen LogP contribution in [-0.4, -0.2) is 85.3 Å². The molecule has 0 aromatic rings. The zero-order valence-electron chi connectivity index (χ0n) is 27.2. The molecule has 0 rings (SSSR count). The summed E-state index contributed by atoms with van der Waals surface area (Å²) in [7, 11) is 0. The molecule has 12 nitrogen and oxygen atoms in total. The topological polar surface area (TPSA) is 142 Å². The molecule has 16 heteroatoms. The van der Waals surface area contributed by atoms with Crippen LogP contribution in [0.1, 0.15) is 83.1 Å². The fraction of sp³-hybridized carbons (Fsp3) is 0.786. The summed E-state index contributed by atoms with van der Waals surface area (Å²) in [5.41, 5.74) is -3.28. The molecule has 44 heavy (non-hydrogen) atoms. The minimum absolute atomic E-state index is 0.132. The highest BCUT2D eigenvalue weighted by Crippen LogP contribution is 2.35. The highest BCUT2D eigenvalue weighted by atomic mass is 19.3. The van der Waals surface area contributed by atoms with Gasteiger partial charge in [-0.3, -0.25) is 0 Å². The Kier molecular flexibility index (Phi) is 16.4. The number of hydrogen-bond acceptors (Lipinski definition) is 12. The standard InChI is InChI=1S/C14H22F4O6.C14H22O6/c1-11(2,3)23-9(19)21-7-13(15,16)14(17,18)8-22-10(20)24-12(4,5)6;1-13(2,3)19-11(15)17-9-7-8-10-18-12(16)20-14(4,5)6/h7-8H2,1-6H3;9-10H2,1-6H3. The minimum atomic E-state index is -4.77. The van der Waals surface area contributed by atoms with Crippen LogP contribution < -0.4 is 0 Å². The molecule has 0 bridgehead atoms. The molecule has 0 saturated heterocycles. The summed E-state index contributed by atoms with van der Waals surface area (Å²) in [5.74, 6) is -4.51. The monoisotopic (exact) mass is 648 g/mol. The van der Waals surface area contributed by atoms with Crippen LogP contribution in [0.4, 0.5) is 36.7 Å². The van der Waals surface area contributed by atoms with Gasteiger partial charge >= 0.3 is 36.5 Å². The number of alkyl halides is 4. The quantitative estimate of drug-likeness (QED) is 0.121. The summed E-state index contributed by atoms with van der Waals surface area (Å²) in [6.07, 6.45) is -4.63. The Bertz CT molecular complexity index is 927. The van der Waals surface area contributed by atoms with Gasteiger partial charge in [-0.15, -0.1) is 0 Å². The Morgan fingerprint density at radius 3 is 0.841 bits per heavy atom. The van der Waals surface area contributed by atoms with Crippen molar-refractivity contribution in [3.63, 3.8) is 0 Å². The van der Waals surface area contributed by atoms with Gasteiger partial charge in [-0.05, 0) is 83.1 Å². The maximum Gasteiger partial charge on any atom is 0.509 e. The maximum absolute atomic E-state index is 13.5. The van der Waals surface area contributed by atoms with E-state index in [1.54, 1.807) is 41.5 Å². The molecule has 0 fully saturated rings. The molecular weight excluding hydrogens is 604 g/mol. The molecule has 0 atom stereocenters. The van der Waals surface area contributed by atoms with Crippen LogP contribution in [0.5, 0.6) is 0 Å². The molecule has 0 aliphatic heterocycles. The molecule has 0 saturated carbocycles. The lowest BCUT2D eigenvalue weighted by molar-refractivity contribution is -0.243. The lowest BCUT2D eigenvalue weighted by atomic mass is 10.2. The first kappa shape index (κ1) is 42.5. The molecule has 0 radical (unpaired) electrons. The van der Waals surface area contributed by atoms with Gasteiger partial charge in [0.05, 0.1) is 0 Å². The SMILES string of the molecule is CC(C)(C)OC(=O)OCC#CCOC(=O)OC(C)(C)C.CC(C)(C)OC(=O)OCC(F)(F)C(F)(F)COC(=O)OC(C)(C)C. The van der Waals surface area contributed by atoms with Crippen LogP contribution in [-0.2, 0) is 37.9 Å². The van der Waals surface area contributed by atoms with E-state index in [-0.39, 0.29) is 13.2 Å². The fourth-order valence-corrected chi connectivity index (χ4v) is 1.92. The van der Waals surface area contributed by atoms with Crippen LogP contribution in [0.2, 0.25) is 0 Å². The van der Waals surface area contributed by atoms with Gasteiger partial charge in [-0.1, -0.05) is 11.8 Å². The largest absolute Gasteiger partial charge is 0.509 e. The van der Waals surface area contributed by atoms with Crippen LogP contribution in [0, 0.1) is 11.8 Å². The second kappa shape index (κ2) is 17.0. The molecule has 0 heterocycles. The lowest BCUT2D eigenvalue weighted by Crippen LogP contribution is -2.48. The second-order valence-corrected chi connectivity index (χ2v) is 12.8. The fourth-order valence-electron chi connectivity index (χ4n) is 1.92. The molecule has 0 amide bonds. The Hall–Kier alpha value is -3.64. The first-order chi connectivity index (χ1) is 19.4. The van der Waals surface area contributed by atoms with Gasteiger partial charge in [0.2, 0.25) is 0 Å². The number of carbonyl (C=O) groups is 4. The number of hydrogen-bond donors (Lipinski definition) is 0. The molecule has 0 unspecified atom stereocenters. The third kappa shape index (κ3) is 24.9. The van der Waals surface area contributed by atoms with Gasteiger partial charge in [-0.25, -0.2) is 19.2 Å². The zero-order valence-corrected chi connectivity index (χ0v) is 27.2. The molecule has 0 aliphatic carbocycles. The van der Waals surface area contributed by atoms with E-state index >= 15 is 0 Å². The summed E-state index contributed by atoms with van der Waals surface area (Å²) in [6.45, 7) is 14.9. The van der Waals surface area contributed by atoms with Crippen molar-refractivity contribution in [1.82, 2.24) is 0 Å². The highest BCUT2D eigenvalue weighted by molar-refractivity contribution is 5.62. The van der Waals surface area contributed by atoms with Gasteiger partial charge in [0.15, 0.2) is 26.4 Å². The van der Waals surface area contributed by atoms with Crippen molar-refractivity contribution in [3.05, 3.63) is 0 Å². The van der Waals surface area contributed by atoms with E-state index in [0.29, 0.717) is 0 Å². The Labute approximate surface area is 255 Å². The number of rotatable bonds is 7. The number of ether oxygens (including phenoxy) is 8. The van der Waals surface area contributed by atoms with Gasteiger partial charge in [0.1, 0.15) is 22.4 Å². The van der Waals surface area contributed by atoms with Crippen molar-refractivity contribution in [2.45, 2.75) is 117 Å². The highest BCUT2D eigenvalue weighted by Gasteiger charge is 2.58. The molecule has 0 spiro atoms. The summed E-state index contributed by atoms with van der Waals surface area (Å²) in [4.78, 5) is 44.5.